The van der Waals surface area contributed by atoms with Crippen molar-refractivity contribution in [1.82, 2.24) is 0 Å². The summed E-state index contributed by atoms with van der Waals surface area (Å²) in [6.45, 7) is 0. The molecule has 0 aliphatic heterocycles. The molecule has 0 saturated heterocycles. The number of hydrogen-bond donors (Lipinski definition) is 4. The van der Waals surface area contributed by atoms with Gasteiger partial charge in [-0.05, 0) is 18.2 Å². The molecule has 0 unspecified atom stereocenters. The van der Waals surface area contributed by atoms with Crippen LogP contribution in [0, 0.1) is 16.7 Å². The molecule has 0 aliphatic rings. The van der Waals surface area contributed by atoms with E-state index in [0.717, 1.165) is 12.1 Å². The van der Waals surface area contributed by atoms with Crippen LogP contribution in [-0.4, -0.2) is 24.5 Å². The van der Waals surface area contributed by atoms with Crippen molar-refractivity contribution in [2.75, 3.05) is 5.43 Å². The third-order valence-electron chi connectivity index (χ3n) is 1.88. The van der Waals surface area contributed by atoms with Gasteiger partial charge in [-0.2, -0.15) is 18.8 Å². The molecule has 1 aromatic carbocycles. The van der Waals surface area contributed by atoms with Crippen molar-refractivity contribution in [3.8, 4) is 6.07 Å². The number of anilines is 1. The van der Waals surface area contributed by atoms with Crippen molar-refractivity contribution in [3.05, 3.63) is 23.2 Å². The first kappa shape index (κ1) is 14.9. The summed E-state index contributed by atoms with van der Waals surface area (Å²) in [4.78, 5) is -0.393. The Kier molecular flexibility index (Phi) is 4.44. The SMILES string of the molecule is N#C/C(=N\Nc1cc(S(=O)(=O)O)ccc1Cl)C(=N)N. The van der Waals surface area contributed by atoms with Crippen LogP contribution in [-0.2, 0) is 10.1 Å². The predicted molar refractivity (Wildman–Crippen MR) is 69.9 cm³/mol. The minimum Gasteiger partial charge on any atom is -0.382 e. The number of amidine groups is 1. The van der Waals surface area contributed by atoms with Crippen LogP contribution in [0.5, 0.6) is 0 Å². The van der Waals surface area contributed by atoms with E-state index in [0.29, 0.717) is 0 Å². The van der Waals surface area contributed by atoms with Gasteiger partial charge in [0.2, 0.25) is 5.71 Å². The third-order valence-corrected chi connectivity index (χ3v) is 3.06. The van der Waals surface area contributed by atoms with E-state index >= 15 is 0 Å². The highest BCUT2D eigenvalue weighted by Crippen LogP contribution is 2.25. The quantitative estimate of drug-likeness (QED) is 0.279. The summed E-state index contributed by atoms with van der Waals surface area (Å²) in [7, 11) is -4.38. The smallest absolute Gasteiger partial charge is 0.294 e. The molecule has 8 nitrogen and oxygen atoms in total. The molecule has 19 heavy (non-hydrogen) atoms. The highest BCUT2D eigenvalue weighted by molar-refractivity contribution is 7.85. The van der Waals surface area contributed by atoms with Crippen LogP contribution >= 0.6 is 11.6 Å². The van der Waals surface area contributed by atoms with E-state index < -0.39 is 26.6 Å². The molecule has 0 bridgehead atoms. The zero-order valence-electron chi connectivity index (χ0n) is 9.25. The molecule has 0 heterocycles. The van der Waals surface area contributed by atoms with E-state index in [-0.39, 0.29) is 10.7 Å². The summed E-state index contributed by atoms with van der Waals surface area (Å²) in [5.74, 6) is -0.558. The predicted octanol–water partition coefficient (Wildman–Crippen LogP) is 0.814. The monoisotopic (exact) mass is 301 g/mol. The van der Waals surface area contributed by atoms with Crippen molar-refractivity contribution >= 4 is 39.0 Å². The zero-order valence-corrected chi connectivity index (χ0v) is 10.8. The minimum absolute atomic E-state index is 0.0331. The second-order valence-corrected chi connectivity index (χ2v) is 5.04. The Hall–Kier alpha value is -2.15. The van der Waals surface area contributed by atoms with Crippen LogP contribution in [0.4, 0.5) is 5.69 Å². The lowest BCUT2D eigenvalue weighted by Crippen LogP contribution is -2.21. The number of halogens is 1. The van der Waals surface area contributed by atoms with Crippen LogP contribution < -0.4 is 11.2 Å². The summed E-state index contributed by atoms with van der Waals surface area (Å²) in [5.41, 5.74) is 7.00. The molecule has 0 amide bonds. The summed E-state index contributed by atoms with van der Waals surface area (Å²) in [6, 6.07) is 4.91. The Bertz CT molecular complexity index is 692. The lowest BCUT2D eigenvalue weighted by Gasteiger charge is -2.05. The van der Waals surface area contributed by atoms with Gasteiger partial charge < -0.3 is 5.73 Å². The molecule has 5 N–H and O–H groups in total. The molecule has 0 saturated carbocycles. The molecule has 1 aromatic rings. The molecule has 100 valence electrons. The van der Waals surface area contributed by atoms with Crippen molar-refractivity contribution in [1.29, 1.82) is 10.7 Å². The normalized spacial score (nSPS) is 11.7. The van der Waals surface area contributed by atoms with Gasteiger partial charge in [-0.15, -0.1) is 0 Å². The van der Waals surface area contributed by atoms with E-state index in [1.165, 1.54) is 6.07 Å². The number of rotatable bonds is 4. The number of benzene rings is 1. The molecular weight excluding hydrogens is 294 g/mol. The summed E-state index contributed by atoms with van der Waals surface area (Å²) in [6.07, 6.45) is 0. The van der Waals surface area contributed by atoms with Gasteiger partial charge >= 0.3 is 0 Å². The van der Waals surface area contributed by atoms with Crippen molar-refractivity contribution < 1.29 is 13.0 Å². The van der Waals surface area contributed by atoms with Crippen LogP contribution in [0.3, 0.4) is 0 Å². The molecule has 0 fully saturated rings. The Morgan fingerprint density at radius 1 is 1.58 bits per heavy atom. The number of hydrogen-bond acceptors (Lipinski definition) is 6. The zero-order chi connectivity index (χ0) is 14.6. The second-order valence-electron chi connectivity index (χ2n) is 3.21. The highest BCUT2D eigenvalue weighted by Gasteiger charge is 2.12. The maximum atomic E-state index is 10.9. The number of hydrazone groups is 1. The fraction of sp³-hybridized carbons (Fsp3) is 0. The van der Waals surface area contributed by atoms with Gasteiger partial charge in [0.05, 0.1) is 15.6 Å². The molecule has 0 aliphatic carbocycles. The Morgan fingerprint density at radius 3 is 2.68 bits per heavy atom. The maximum Gasteiger partial charge on any atom is 0.294 e. The number of nitrogens with two attached hydrogens (primary N) is 1. The van der Waals surface area contributed by atoms with Crippen LogP contribution in [0.15, 0.2) is 28.2 Å². The molecule has 0 spiro atoms. The lowest BCUT2D eigenvalue weighted by molar-refractivity contribution is 0.483. The third kappa shape index (κ3) is 3.92. The van der Waals surface area contributed by atoms with E-state index in [1.807, 2.05) is 0 Å². The maximum absolute atomic E-state index is 10.9. The van der Waals surface area contributed by atoms with Crippen molar-refractivity contribution in [2.45, 2.75) is 4.90 Å². The van der Waals surface area contributed by atoms with Crippen molar-refractivity contribution in [3.63, 3.8) is 0 Å². The fourth-order valence-electron chi connectivity index (χ4n) is 1.01. The first-order valence-corrected chi connectivity index (χ1v) is 6.42. The van der Waals surface area contributed by atoms with Gasteiger partial charge in [-0.3, -0.25) is 15.4 Å². The first-order chi connectivity index (χ1) is 8.75. The standard InChI is InChI=1S/C9H8ClN5O3S/c10-6-2-1-5(19(16,17)18)3-7(6)14-15-8(4-11)9(12)13/h1-3,14H,(H3,12,13)(H,16,17,18)/b15-8+. The molecule has 10 heteroatoms. The van der Waals surface area contributed by atoms with Crippen molar-refractivity contribution in [2.24, 2.45) is 10.8 Å². The second kappa shape index (κ2) is 5.66. The van der Waals surface area contributed by atoms with Crippen LogP contribution in [0.1, 0.15) is 0 Å². The first-order valence-electron chi connectivity index (χ1n) is 4.61. The van der Waals surface area contributed by atoms with E-state index in [1.54, 1.807) is 6.07 Å². The van der Waals surface area contributed by atoms with Crippen LogP contribution in [0.25, 0.3) is 0 Å². The Balaban J connectivity index is 3.16. The Morgan fingerprint density at radius 2 is 2.21 bits per heavy atom. The number of nitriles is 1. The number of nitrogens with one attached hydrogen (secondary N) is 2. The minimum atomic E-state index is -4.38. The molecule has 0 radical (unpaired) electrons. The fourth-order valence-corrected chi connectivity index (χ4v) is 1.68. The molecule has 0 aromatic heterocycles. The van der Waals surface area contributed by atoms with Gasteiger partial charge in [-0.1, -0.05) is 11.6 Å². The van der Waals surface area contributed by atoms with E-state index in [2.05, 4.69) is 10.5 Å². The van der Waals surface area contributed by atoms with E-state index in [4.69, 9.17) is 32.6 Å². The topological polar surface area (TPSA) is 152 Å². The molecule has 1 rings (SSSR count). The van der Waals surface area contributed by atoms with Gasteiger partial charge in [-0.25, -0.2) is 0 Å². The molecule has 0 atom stereocenters. The average Bonchev–Trinajstić information content (AvgIpc) is 2.30. The van der Waals surface area contributed by atoms with Gasteiger partial charge in [0.25, 0.3) is 10.1 Å². The Labute approximate surface area is 113 Å². The average molecular weight is 302 g/mol. The molecular formula is C9H8ClN5O3S. The summed E-state index contributed by atoms with van der Waals surface area (Å²) in [5, 5.41) is 19.2. The number of nitrogens with zero attached hydrogens (tertiary/aromatic N) is 2. The van der Waals surface area contributed by atoms with Gasteiger partial charge in [0.15, 0.2) is 5.84 Å². The lowest BCUT2D eigenvalue weighted by atomic mass is 10.3. The van der Waals surface area contributed by atoms with Gasteiger partial charge in [0, 0.05) is 0 Å². The van der Waals surface area contributed by atoms with Crippen LogP contribution in [0.2, 0.25) is 5.02 Å². The van der Waals surface area contributed by atoms with E-state index in [9.17, 15) is 8.42 Å². The summed E-state index contributed by atoms with van der Waals surface area (Å²) >= 11 is 5.78. The largest absolute Gasteiger partial charge is 0.382 e. The highest BCUT2D eigenvalue weighted by atomic mass is 35.5. The summed E-state index contributed by atoms with van der Waals surface area (Å²) < 4.78 is 30.8. The van der Waals surface area contributed by atoms with Gasteiger partial charge in [0.1, 0.15) is 6.07 Å².